The van der Waals surface area contributed by atoms with Crippen molar-refractivity contribution in [2.75, 3.05) is 5.32 Å². The van der Waals surface area contributed by atoms with E-state index >= 15 is 0 Å². The number of fused-ring (bicyclic) bond motifs is 1. The molecule has 5 heteroatoms. The number of aromatic nitrogens is 2. The number of carbonyl (C=O) groups excluding carboxylic acids is 1. The van der Waals surface area contributed by atoms with Gasteiger partial charge in [0.05, 0.1) is 17.5 Å². The Hall–Kier alpha value is -3.47. The van der Waals surface area contributed by atoms with Crippen LogP contribution in [-0.4, -0.2) is 15.9 Å². The number of amides is 1. The molecule has 128 valence electrons. The summed E-state index contributed by atoms with van der Waals surface area (Å²) in [6.45, 7) is 0. The number of halogens is 1. The number of nitrogens with zero attached hydrogens (tertiary/aromatic N) is 1. The number of imidazole rings is 1. The Morgan fingerprint density at radius 1 is 1.00 bits per heavy atom. The van der Waals surface area contributed by atoms with Crippen molar-refractivity contribution in [3.05, 3.63) is 84.2 Å². The minimum absolute atomic E-state index is 0.154. The molecule has 4 aromatic rings. The second-order valence-corrected chi connectivity index (χ2v) is 6.03. The molecule has 4 nitrogen and oxygen atoms in total. The fraction of sp³-hybridized carbons (Fsp3) is 0.0476. The number of carbonyl (C=O) groups is 1. The lowest BCUT2D eigenvalue weighted by atomic mass is 10.1. The molecule has 3 aromatic carbocycles. The van der Waals surface area contributed by atoms with Crippen LogP contribution in [0.4, 0.5) is 10.1 Å². The summed E-state index contributed by atoms with van der Waals surface area (Å²) in [5.41, 5.74) is 4.20. The van der Waals surface area contributed by atoms with Crippen molar-refractivity contribution in [3.8, 4) is 11.4 Å². The van der Waals surface area contributed by atoms with Gasteiger partial charge in [-0.25, -0.2) is 9.37 Å². The molecule has 0 spiro atoms. The standard InChI is InChI=1S/C21H16FN3O/c22-16-10-8-14(9-11-16)12-20(26)23-17-5-3-4-15(13-17)21-24-18-6-1-2-7-19(18)25-21/h1-11,13H,12H2,(H,23,26)(H,24,25). The van der Waals surface area contributed by atoms with Gasteiger partial charge in [0.15, 0.2) is 0 Å². The molecule has 0 aliphatic carbocycles. The summed E-state index contributed by atoms with van der Waals surface area (Å²) in [5, 5.41) is 2.87. The molecule has 0 radical (unpaired) electrons. The zero-order chi connectivity index (χ0) is 17.9. The molecule has 1 heterocycles. The van der Waals surface area contributed by atoms with E-state index in [-0.39, 0.29) is 18.1 Å². The number of hydrogen-bond acceptors (Lipinski definition) is 2. The minimum Gasteiger partial charge on any atom is -0.338 e. The highest BCUT2D eigenvalue weighted by Crippen LogP contribution is 2.23. The van der Waals surface area contributed by atoms with Crippen molar-refractivity contribution in [1.82, 2.24) is 9.97 Å². The van der Waals surface area contributed by atoms with E-state index in [0.29, 0.717) is 5.69 Å². The zero-order valence-corrected chi connectivity index (χ0v) is 13.9. The summed E-state index contributed by atoms with van der Waals surface area (Å²) in [4.78, 5) is 20.1. The number of rotatable bonds is 4. The largest absolute Gasteiger partial charge is 0.338 e. The van der Waals surface area contributed by atoms with Gasteiger partial charge in [-0.05, 0) is 42.0 Å². The zero-order valence-electron chi connectivity index (χ0n) is 13.9. The molecule has 26 heavy (non-hydrogen) atoms. The number of para-hydroxylation sites is 2. The highest BCUT2D eigenvalue weighted by Gasteiger charge is 2.08. The van der Waals surface area contributed by atoms with Crippen LogP contribution in [0.3, 0.4) is 0 Å². The number of nitrogens with one attached hydrogen (secondary N) is 2. The maximum absolute atomic E-state index is 12.9. The summed E-state index contributed by atoms with van der Waals surface area (Å²) >= 11 is 0. The van der Waals surface area contributed by atoms with Crippen molar-refractivity contribution in [3.63, 3.8) is 0 Å². The van der Waals surface area contributed by atoms with Crippen LogP contribution in [0.25, 0.3) is 22.4 Å². The van der Waals surface area contributed by atoms with Gasteiger partial charge in [0.2, 0.25) is 5.91 Å². The third kappa shape index (κ3) is 3.47. The number of benzene rings is 3. The SMILES string of the molecule is O=C(Cc1ccc(F)cc1)Nc1cccc(-c2nc3ccccc3[nH]2)c1. The fourth-order valence-corrected chi connectivity index (χ4v) is 2.83. The maximum atomic E-state index is 12.9. The quantitative estimate of drug-likeness (QED) is 0.570. The molecule has 0 atom stereocenters. The van der Waals surface area contributed by atoms with Crippen molar-refractivity contribution >= 4 is 22.6 Å². The van der Waals surface area contributed by atoms with Crippen LogP contribution in [0.2, 0.25) is 0 Å². The Balaban J connectivity index is 1.51. The fourth-order valence-electron chi connectivity index (χ4n) is 2.83. The van der Waals surface area contributed by atoms with E-state index in [0.717, 1.165) is 28.0 Å². The maximum Gasteiger partial charge on any atom is 0.228 e. The summed E-state index contributed by atoms with van der Waals surface area (Å²) in [5.74, 6) is 0.284. The Morgan fingerprint density at radius 3 is 2.62 bits per heavy atom. The first-order valence-corrected chi connectivity index (χ1v) is 8.27. The van der Waals surface area contributed by atoms with Gasteiger partial charge in [-0.3, -0.25) is 4.79 Å². The second-order valence-electron chi connectivity index (χ2n) is 6.03. The van der Waals surface area contributed by atoms with Gasteiger partial charge in [0.25, 0.3) is 0 Å². The van der Waals surface area contributed by atoms with E-state index in [2.05, 4.69) is 15.3 Å². The van der Waals surface area contributed by atoms with Crippen LogP contribution >= 0.6 is 0 Å². The summed E-state index contributed by atoms with van der Waals surface area (Å²) < 4.78 is 12.9. The lowest BCUT2D eigenvalue weighted by molar-refractivity contribution is -0.115. The highest BCUT2D eigenvalue weighted by atomic mass is 19.1. The van der Waals surface area contributed by atoms with Crippen molar-refractivity contribution < 1.29 is 9.18 Å². The predicted molar refractivity (Wildman–Crippen MR) is 100 cm³/mol. The van der Waals surface area contributed by atoms with Gasteiger partial charge < -0.3 is 10.3 Å². The third-order valence-electron chi connectivity index (χ3n) is 4.09. The monoisotopic (exact) mass is 345 g/mol. The van der Waals surface area contributed by atoms with Crippen LogP contribution in [0.5, 0.6) is 0 Å². The number of aromatic amines is 1. The molecule has 0 saturated carbocycles. The van der Waals surface area contributed by atoms with E-state index in [1.807, 2.05) is 48.5 Å². The average molecular weight is 345 g/mol. The molecular formula is C21H16FN3O. The molecular weight excluding hydrogens is 329 g/mol. The van der Waals surface area contributed by atoms with Gasteiger partial charge in [0.1, 0.15) is 11.6 Å². The average Bonchev–Trinajstić information content (AvgIpc) is 3.08. The minimum atomic E-state index is -0.312. The first kappa shape index (κ1) is 16.0. The van der Waals surface area contributed by atoms with E-state index in [9.17, 15) is 9.18 Å². The van der Waals surface area contributed by atoms with Gasteiger partial charge in [-0.2, -0.15) is 0 Å². The predicted octanol–water partition coefficient (Wildman–Crippen LogP) is 4.55. The molecule has 0 aliphatic rings. The second kappa shape index (κ2) is 6.80. The van der Waals surface area contributed by atoms with Gasteiger partial charge in [0, 0.05) is 11.3 Å². The molecule has 1 amide bonds. The Bertz CT molecular complexity index is 1040. The van der Waals surface area contributed by atoms with E-state index < -0.39 is 0 Å². The first-order valence-electron chi connectivity index (χ1n) is 8.27. The van der Waals surface area contributed by atoms with Crippen LogP contribution in [-0.2, 0) is 11.2 Å². The summed E-state index contributed by atoms with van der Waals surface area (Å²) in [6, 6.07) is 21.3. The van der Waals surface area contributed by atoms with E-state index in [4.69, 9.17) is 0 Å². The molecule has 0 aliphatic heterocycles. The van der Waals surface area contributed by atoms with E-state index in [1.165, 1.54) is 12.1 Å². The smallest absolute Gasteiger partial charge is 0.228 e. The molecule has 0 saturated heterocycles. The Morgan fingerprint density at radius 2 is 1.81 bits per heavy atom. The normalized spacial score (nSPS) is 10.8. The first-order chi connectivity index (χ1) is 12.7. The van der Waals surface area contributed by atoms with Crippen molar-refractivity contribution in [2.24, 2.45) is 0 Å². The van der Waals surface area contributed by atoms with Crippen molar-refractivity contribution in [1.29, 1.82) is 0 Å². The molecule has 2 N–H and O–H groups in total. The number of anilines is 1. The lowest BCUT2D eigenvalue weighted by Crippen LogP contribution is -2.14. The van der Waals surface area contributed by atoms with Crippen LogP contribution < -0.4 is 5.32 Å². The van der Waals surface area contributed by atoms with Gasteiger partial charge in [-0.15, -0.1) is 0 Å². The molecule has 0 unspecified atom stereocenters. The number of H-pyrrole nitrogens is 1. The number of hydrogen-bond donors (Lipinski definition) is 2. The van der Waals surface area contributed by atoms with E-state index in [1.54, 1.807) is 12.1 Å². The van der Waals surface area contributed by atoms with Crippen LogP contribution in [0, 0.1) is 5.82 Å². The van der Waals surface area contributed by atoms with Crippen LogP contribution in [0.1, 0.15) is 5.56 Å². The van der Waals surface area contributed by atoms with Crippen molar-refractivity contribution in [2.45, 2.75) is 6.42 Å². The lowest BCUT2D eigenvalue weighted by Gasteiger charge is -2.07. The summed E-state index contributed by atoms with van der Waals surface area (Å²) in [6.07, 6.45) is 0.190. The van der Waals surface area contributed by atoms with Gasteiger partial charge >= 0.3 is 0 Å². The molecule has 1 aromatic heterocycles. The summed E-state index contributed by atoms with van der Waals surface area (Å²) in [7, 11) is 0. The topological polar surface area (TPSA) is 57.8 Å². The Labute approximate surface area is 149 Å². The van der Waals surface area contributed by atoms with Crippen LogP contribution in [0.15, 0.2) is 72.8 Å². The van der Waals surface area contributed by atoms with Gasteiger partial charge in [-0.1, -0.05) is 36.4 Å². The molecule has 0 fully saturated rings. The Kier molecular flexibility index (Phi) is 4.19. The molecule has 0 bridgehead atoms. The third-order valence-corrected chi connectivity index (χ3v) is 4.09. The highest BCUT2D eigenvalue weighted by molar-refractivity contribution is 5.93. The molecule has 4 rings (SSSR count).